The summed E-state index contributed by atoms with van der Waals surface area (Å²) in [4.78, 5) is 13.1. The highest BCUT2D eigenvalue weighted by Gasteiger charge is 2.16. The van der Waals surface area contributed by atoms with Gasteiger partial charge in [-0.1, -0.05) is 17.7 Å². The molecule has 1 N–H and O–H groups in total. The number of nitrogens with zero attached hydrogens (tertiary/aromatic N) is 1. The topological polar surface area (TPSA) is 49.8 Å². The minimum absolute atomic E-state index is 0.0777. The molecule has 2 rings (SSSR count). The quantitative estimate of drug-likeness (QED) is 0.861. The molecule has 0 spiro atoms. The van der Waals surface area contributed by atoms with Crippen molar-refractivity contribution in [2.75, 3.05) is 31.2 Å². The summed E-state index contributed by atoms with van der Waals surface area (Å²) in [6.07, 6.45) is 0.0777. The van der Waals surface area contributed by atoms with Gasteiger partial charge < -0.3 is 14.7 Å². The van der Waals surface area contributed by atoms with E-state index in [9.17, 15) is 4.79 Å². The molecule has 0 saturated carbocycles. The fourth-order valence-corrected chi connectivity index (χ4v) is 2.13. The first-order chi connectivity index (χ1) is 8.16. The second kappa shape index (κ2) is 5.19. The van der Waals surface area contributed by atoms with E-state index in [2.05, 4.69) is 4.90 Å². The molecule has 92 valence electrons. The van der Waals surface area contributed by atoms with Crippen molar-refractivity contribution in [3.05, 3.63) is 29.3 Å². The fraction of sp³-hybridized carbons (Fsp3) is 0.462. The molecular weight excluding hydrogens is 218 g/mol. The standard InChI is InChI=1S/C13H17NO3/c1-10-2-3-12(11(8-10)9-13(15)16)14-4-6-17-7-5-14/h2-3,8H,4-7,9H2,1H3,(H,15,16). The van der Waals surface area contributed by atoms with Crippen LogP contribution in [0, 0.1) is 6.92 Å². The Hall–Kier alpha value is -1.55. The lowest BCUT2D eigenvalue weighted by Crippen LogP contribution is -2.36. The lowest BCUT2D eigenvalue weighted by Gasteiger charge is -2.30. The molecule has 1 aromatic rings. The highest BCUT2D eigenvalue weighted by Crippen LogP contribution is 2.23. The van der Waals surface area contributed by atoms with Crippen LogP contribution < -0.4 is 4.90 Å². The molecule has 4 nitrogen and oxygen atoms in total. The summed E-state index contributed by atoms with van der Waals surface area (Å²) in [6.45, 7) is 5.06. The van der Waals surface area contributed by atoms with Crippen LogP contribution in [-0.4, -0.2) is 37.4 Å². The zero-order valence-corrected chi connectivity index (χ0v) is 9.98. The van der Waals surface area contributed by atoms with Crippen molar-refractivity contribution in [3.63, 3.8) is 0 Å². The van der Waals surface area contributed by atoms with E-state index in [1.54, 1.807) is 0 Å². The SMILES string of the molecule is Cc1ccc(N2CCOCC2)c(CC(=O)O)c1. The molecule has 1 aliphatic heterocycles. The zero-order valence-electron chi connectivity index (χ0n) is 9.98. The number of ether oxygens (including phenoxy) is 1. The molecule has 0 amide bonds. The second-order valence-electron chi connectivity index (χ2n) is 4.30. The van der Waals surface area contributed by atoms with E-state index in [-0.39, 0.29) is 6.42 Å². The molecule has 1 aromatic carbocycles. The number of hydrogen-bond acceptors (Lipinski definition) is 3. The summed E-state index contributed by atoms with van der Waals surface area (Å²) >= 11 is 0. The van der Waals surface area contributed by atoms with Crippen LogP contribution in [0.25, 0.3) is 0 Å². The van der Waals surface area contributed by atoms with Crippen molar-refractivity contribution in [1.82, 2.24) is 0 Å². The van der Waals surface area contributed by atoms with E-state index in [1.807, 2.05) is 25.1 Å². The first-order valence-corrected chi connectivity index (χ1v) is 5.81. The van der Waals surface area contributed by atoms with Gasteiger partial charge in [-0.2, -0.15) is 0 Å². The van der Waals surface area contributed by atoms with Crippen LogP contribution in [0.15, 0.2) is 18.2 Å². The number of hydrogen-bond donors (Lipinski definition) is 1. The molecule has 17 heavy (non-hydrogen) atoms. The van der Waals surface area contributed by atoms with Crippen LogP contribution in [0.2, 0.25) is 0 Å². The van der Waals surface area contributed by atoms with Gasteiger partial charge in [0.05, 0.1) is 19.6 Å². The number of carboxylic acids is 1. The summed E-state index contributed by atoms with van der Waals surface area (Å²) in [7, 11) is 0. The molecule has 0 radical (unpaired) electrons. The maximum Gasteiger partial charge on any atom is 0.307 e. The van der Waals surface area contributed by atoms with E-state index >= 15 is 0 Å². The maximum absolute atomic E-state index is 10.9. The largest absolute Gasteiger partial charge is 0.481 e. The van der Waals surface area contributed by atoms with Crippen molar-refractivity contribution < 1.29 is 14.6 Å². The number of carboxylic acid groups (broad SMARTS) is 1. The van der Waals surface area contributed by atoms with Gasteiger partial charge in [-0.25, -0.2) is 0 Å². The third-order valence-corrected chi connectivity index (χ3v) is 2.93. The summed E-state index contributed by atoms with van der Waals surface area (Å²) in [5, 5.41) is 8.94. The number of rotatable bonds is 3. The monoisotopic (exact) mass is 235 g/mol. The third kappa shape index (κ3) is 2.97. The van der Waals surface area contributed by atoms with Crippen molar-refractivity contribution in [1.29, 1.82) is 0 Å². The van der Waals surface area contributed by atoms with Gasteiger partial charge in [0.1, 0.15) is 0 Å². The first kappa shape index (κ1) is 11.9. The normalized spacial score (nSPS) is 15.9. The minimum atomic E-state index is -0.787. The average Bonchev–Trinajstić information content (AvgIpc) is 2.29. The van der Waals surface area contributed by atoms with Gasteiger partial charge >= 0.3 is 5.97 Å². The molecule has 0 aromatic heterocycles. The Labute approximate surface area is 101 Å². The van der Waals surface area contributed by atoms with Crippen molar-refractivity contribution >= 4 is 11.7 Å². The lowest BCUT2D eigenvalue weighted by atomic mass is 10.1. The summed E-state index contributed by atoms with van der Waals surface area (Å²) in [6, 6.07) is 5.99. The van der Waals surface area contributed by atoms with Crippen LogP contribution in [0.5, 0.6) is 0 Å². The Morgan fingerprint density at radius 3 is 2.76 bits per heavy atom. The maximum atomic E-state index is 10.9. The Balaban J connectivity index is 2.27. The summed E-state index contributed by atoms with van der Waals surface area (Å²) in [5.74, 6) is -0.787. The van der Waals surface area contributed by atoms with Gasteiger partial charge in [-0.05, 0) is 18.6 Å². The van der Waals surface area contributed by atoms with E-state index < -0.39 is 5.97 Å². The Morgan fingerprint density at radius 2 is 2.12 bits per heavy atom. The van der Waals surface area contributed by atoms with E-state index in [0.717, 1.165) is 29.9 Å². The van der Waals surface area contributed by atoms with E-state index in [1.165, 1.54) is 0 Å². The number of carbonyl (C=O) groups is 1. The van der Waals surface area contributed by atoms with E-state index in [0.29, 0.717) is 13.2 Å². The molecule has 0 unspecified atom stereocenters. The number of anilines is 1. The minimum Gasteiger partial charge on any atom is -0.481 e. The first-order valence-electron chi connectivity index (χ1n) is 5.81. The van der Waals surface area contributed by atoms with Gasteiger partial charge in [-0.15, -0.1) is 0 Å². The smallest absolute Gasteiger partial charge is 0.307 e. The molecule has 0 atom stereocenters. The number of morpholine rings is 1. The predicted molar refractivity (Wildman–Crippen MR) is 65.6 cm³/mol. The van der Waals surface area contributed by atoms with Crippen LogP contribution in [0.1, 0.15) is 11.1 Å². The molecule has 1 aliphatic rings. The van der Waals surface area contributed by atoms with Crippen LogP contribution in [0.3, 0.4) is 0 Å². The fourth-order valence-electron chi connectivity index (χ4n) is 2.13. The van der Waals surface area contributed by atoms with Gasteiger partial charge in [0.25, 0.3) is 0 Å². The Morgan fingerprint density at radius 1 is 1.41 bits per heavy atom. The molecule has 0 aliphatic carbocycles. The highest BCUT2D eigenvalue weighted by atomic mass is 16.5. The predicted octanol–water partition coefficient (Wildman–Crippen LogP) is 1.46. The van der Waals surface area contributed by atoms with Crippen LogP contribution in [0.4, 0.5) is 5.69 Å². The molecule has 1 saturated heterocycles. The van der Waals surface area contributed by atoms with Crippen molar-refractivity contribution in [3.8, 4) is 0 Å². The second-order valence-corrected chi connectivity index (χ2v) is 4.30. The van der Waals surface area contributed by atoms with Gasteiger partial charge in [0.15, 0.2) is 0 Å². The summed E-state index contributed by atoms with van der Waals surface area (Å²) < 4.78 is 5.31. The molecule has 1 heterocycles. The van der Waals surface area contributed by atoms with Crippen LogP contribution in [-0.2, 0) is 16.0 Å². The number of aryl methyl sites for hydroxylation is 1. The number of aliphatic carboxylic acids is 1. The Bertz CT molecular complexity index is 411. The van der Waals surface area contributed by atoms with Crippen molar-refractivity contribution in [2.24, 2.45) is 0 Å². The van der Waals surface area contributed by atoms with Crippen molar-refractivity contribution in [2.45, 2.75) is 13.3 Å². The van der Waals surface area contributed by atoms with E-state index in [4.69, 9.17) is 9.84 Å². The molecule has 4 heteroatoms. The van der Waals surface area contributed by atoms with Gasteiger partial charge in [0, 0.05) is 18.8 Å². The summed E-state index contributed by atoms with van der Waals surface area (Å²) in [5.41, 5.74) is 3.01. The van der Waals surface area contributed by atoms with Crippen LogP contribution >= 0.6 is 0 Å². The lowest BCUT2D eigenvalue weighted by molar-refractivity contribution is -0.136. The number of benzene rings is 1. The molecule has 1 fully saturated rings. The average molecular weight is 235 g/mol. The molecular formula is C13H17NO3. The Kier molecular flexibility index (Phi) is 3.64. The molecule has 0 bridgehead atoms. The zero-order chi connectivity index (χ0) is 12.3. The van der Waals surface area contributed by atoms with Gasteiger partial charge in [0.2, 0.25) is 0 Å². The van der Waals surface area contributed by atoms with Gasteiger partial charge in [-0.3, -0.25) is 4.79 Å². The third-order valence-electron chi connectivity index (χ3n) is 2.93. The highest BCUT2D eigenvalue weighted by molar-refractivity contribution is 5.74.